The van der Waals surface area contributed by atoms with Crippen molar-refractivity contribution in [2.75, 3.05) is 31.7 Å². The van der Waals surface area contributed by atoms with E-state index in [0.717, 1.165) is 25.5 Å². The Balaban J connectivity index is 2.16. The minimum absolute atomic E-state index is 0.315. The molecule has 1 unspecified atom stereocenters. The van der Waals surface area contributed by atoms with Crippen LogP contribution in [0.4, 0.5) is 15.8 Å². The van der Waals surface area contributed by atoms with Gasteiger partial charge in [0.25, 0.3) is 0 Å². The first-order valence-corrected chi connectivity index (χ1v) is 6.31. The number of benzene rings is 1. The van der Waals surface area contributed by atoms with Gasteiger partial charge >= 0.3 is 5.69 Å². The van der Waals surface area contributed by atoms with Crippen molar-refractivity contribution in [3.63, 3.8) is 0 Å². The molecule has 1 aliphatic heterocycles. The first-order valence-electron chi connectivity index (χ1n) is 6.31. The number of para-hydroxylation sites is 1. The lowest BCUT2D eigenvalue weighted by atomic mass is 10.0. The Kier molecular flexibility index (Phi) is 4.31. The first-order chi connectivity index (χ1) is 9.09. The third-order valence-corrected chi connectivity index (χ3v) is 3.35. The predicted molar refractivity (Wildman–Crippen MR) is 69.9 cm³/mol. The Morgan fingerprint density at radius 3 is 3.00 bits per heavy atom. The third kappa shape index (κ3) is 3.20. The van der Waals surface area contributed by atoms with Crippen LogP contribution in [0, 0.1) is 21.8 Å². The van der Waals surface area contributed by atoms with E-state index in [-0.39, 0.29) is 0 Å². The van der Waals surface area contributed by atoms with Gasteiger partial charge in [0.05, 0.1) is 11.5 Å². The van der Waals surface area contributed by atoms with Gasteiger partial charge in [-0.2, -0.15) is 4.39 Å². The molecule has 0 bridgehead atoms. The lowest BCUT2D eigenvalue weighted by Gasteiger charge is -2.28. The quantitative estimate of drug-likeness (QED) is 0.622. The summed E-state index contributed by atoms with van der Waals surface area (Å²) in [6, 6.07) is 4.18. The Labute approximate surface area is 111 Å². The highest BCUT2D eigenvalue weighted by Crippen LogP contribution is 2.31. The van der Waals surface area contributed by atoms with Crippen molar-refractivity contribution in [2.24, 2.45) is 5.92 Å². The molecule has 0 amide bonds. The molecule has 0 radical (unpaired) electrons. The highest BCUT2D eigenvalue weighted by molar-refractivity contribution is 5.63. The molecule has 1 aliphatic rings. The molecule has 0 spiro atoms. The number of ether oxygens (including phenoxy) is 1. The molecule has 5 nitrogen and oxygen atoms in total. The standard InChI is InChI=1S/C13H17FN2O3/c1-15(8-10-4-3-7-19-9-10)12-6-2-5-11(14)13(12)16(17)18/h2,5-6,10H,3-4,7-9H2,1H3. The third-order valence-electron chi connectivity index (χ3n) is 3.35. The van der Waals surface area contributed by atoms with Crippen LogP contribution >= 0.6 is 0 Å². The zero-order valence-electron chi connectivity index (χ0n) is 10.8. The summed E-state index contributed by atoms with van der Waals surface area (Å²) in [7, 11) is 1.75. The molecule has 2 rings (SSSR count). The van der Waals surface area contributed by atoms with Crippen molar-refractivity contribution >= 4 is 11.4 Å². The number of nitrogens with zero attached hydrogens (tertiary/aromatic N) is 2. The summed E-state index contributed by atoms with van der Waals surface area (Å²) in [6.07, 6.45) is 2.04. The number of hydrogen-bond donors (Lipinski definition) is 0. The SMILES string of the molecule is CN(CC1CCCOC1)c1cccc(F)c1[N+](=O)[O-]. The van der Waals surface area contributed by atoms with Crippen molar-refractivity contribution in [3.05, 3.63) is 34.1 Å². The van der Waals surface area contributed by atoms with E-state index in [9.17, 15) is 14.5 Å². The van der Waals surface area contributed by atoms with E-state index in [0.29, 0.717) is 24.8 Å². The molecule has 104 valence electrons. The summed E-state index contributed by atoms with van der Waals surface area (Å²) in [6.45, 7) is 2.07. The number of hydrogen-bond acceptors (Lipinski definition) is 4. The summed E-state index contributed by atoms with van der Waals surface area (Å²) in [4.78, 5) is 12.0. The van der Waals surface area contributed by atoms with E-state index < -0.39 is 16.4 Å². The summed E-state index contributed by atoms with van der Waals surface area (Å²) in [5.41, 5.74) is -0.141. The van der Waals surface area contributed by atoms with E-state index >= 15 is 0 Å². The lowest BCUT2D eigenvalue weighted by molar-refractivity contribution is -0.386. The maximum absolute atomic E-state index is 13.5. The summed E-state index contributed by atoms with van der Waals surface area (Å²) >= 11 is 0. The summed E-state index contributed by atoms with van der Waals surface area (Å²) in [5.74, 6) is -0.462. The maximum Gasteiger partial charge on any atom is 0.327 e. The Morgan fingerprint density at radius 2 is 2.37 bits per heavy atom. The second-order valence-corrected chi connectivity index (χ2v) is 4.83. The summed E-state index contributed by atoms with van der Waals surface area (Å²) in [5, 5.41) is 11.0. The van der Waals surface area contributed by atoms with Crippen LogP contribution in [0.5, 0.6) is 0 Å². The molecule has 0 aliphatic carbocycles. The van der Waals surface area contributed by atoms with Gasteiger partial charge in [-0.05, 0) is 30.9 Å². The number of nitro benzene ring substituents is 1. The predicted octanol–water partition coefficient (Wildman–Crippen LogP) is 2.60. The van der Waals surface area contributed by atoms with Crippen molar-refractivity contribution in [3.8, 4) is 0 Å². The van der Waals surface area contributed by atoms with Crippen molar-refractivity contribution < 1.29 is 14.1 Å². The van der Waals surface area contributed by atoms with Gasteiger partial charge < -0.3 is 9.64 Å². The molecule has 1 heterocycles. The van der Waals surface area contributed by atoms with Gasteiger partial charge in [0, 0.05) is 20.2 Å². The molecule has 0 aromatic heterocycles. The monoisotopic (exact) mass is 268 g/mol. The molecule has 19 heavy (non-hydrogen) atoms. The number of nitro groups is 1. The van der Waals surface area contributed by atoms with Crippen molar-refractivity contribution in [2.45, 2.75) is 12.8 Å². The van der Waals surface area contributed by atoms with Gasteiger partial charge in [0.15, 0.2) is 0 Å². The van der Waals surface area contributed by atoms with Gasteiger partial charge in [-0.15, -0.1) is 0 Å². The first kappa shape index (κ1) is 13.7. The van der Waals surface area contributed by atoms with Crippen LogP contribution in [0.2, 0.25) is 0 Å². The second-order valence-electron chi connectivity index (χ2n) is 4.83. The van der Waals surface area contributed by atoms with Crippen LogP contribution in [0.25, 0.3) is 0 Å². The van der Waals surface area contributed by atoms with Crippen LogP contribution in [0.3, 0.4) is 0 Å². The van der Waals surface area contributed by atoms with Gasteiger partial charge in [0.1, 0.15) is 5.69 Å². The summed E-state index contributed by atoms with van der Waals surface area (Å²) < 4.78 is 18.9. The zero-order valence-corrected chi connectivity index (χ0v) is 10.8. The Hall–Kier alpha value is -1.69. The largest absolute Gasteiger partial charge is 0.381 e. The fraction of sp³-hybridized carbons (Fsp3) is 0.538. The highest BCUT2D eigenvalue weighted by Gasteiger charge is 2.24. The van der Waals surface area contributed by atoms with E-state index in [1.54, 1.807) is 18.0 Å². The normalized spacial score (nSPS) is 19.2. The van der Waals surface area contributed by atoms with E-state index in [4.69, 9.17) is 4.74 Å². The van der Waals surface area contributed by atoms with E-state index in [2.05, 4.69) is 0 Å². The average Bonchev–Trinajstić information content (AvgIpc) is 2.39. The number of halogens is 1. The number of rotatable bonds is 4. The van der Waals surface area contributed by atoms with Crippen LogP contribution in [-0.4, -0.2) is 31.7 Å². The highest BCUT2D eigenvalue weighted by atomic mass is 19.1. The molecule has 1 fully saturated rings. The zero-order chi connectivity index (χ0) is 13.8. The van der Waals surface area contributed by atoms with Gasteiger partial charge in [-0.1, -0.05) is 6.07 Å². The van der Waals surface area contributed by atoms with Crippen LogP contribution in [0.15, 0.2) is 18.2 Å². The fourth-order valence-corrected chi connectivity index (χ4v) is 2.43. The topological polar surface area (TPSA) is 55.6 Å². The fourth-order valence-electron chi connectivity index (χ4n) is 2.43. The average molecular weight is 268 g/mol. The molecule has 1 aromatic rings. The molecule has 1 atom stereocenters. The van der Waals surface area contributed by atoms with Crippen molar-refractivity contribution in [1.82, 2.24) is 0 Å². The van der Waals surface area contributed by atoms with Crippen LogP contribution < -0.4 is 4.90 Å². The van der Waals surface area contributed by atoms with Crippen LogP contribution in [0.1, 0.15) is 12.8 Å². The van der Waals surface area contributed by atoms with Crippen LogP contribution in [-0.2, 0) is 4.74 Å². The molecule has 0 saturated carbocycles. The number of anilines is 1. The molecular formula is C13H17FN2O3. The molecule has 0 N–H and O–H groups in total. The van der Waals surface area contributed by atoms with Gasteiger partial charge in [0.2, 0.25) is 5.82 Å². The lowest BCUT2D eigenvalue weighted by Crippen LogP contribution is -2.31. The van der Waals surface area contributed by atoms with E-state index in [1.807, 2.05) is 0 Å². The van der Waals surface area contributed by atoms with Gasteiger partial charge in [-0.3, -0.25) is 10.1 Å². The van der Waals surface area contributed by atoms with Gasteiger partial charge in [-0.25, -0.2) is 0 Å². The van der Waals surface area contributed by atoms with E-state index in [1.165, 1.54) is 6.07 Å². The second kappa shape index (κ2) is 5.97. The van der Waals surface area contributed by atoms with Crippen molar-refractivity contribution in [1.29, 1.82) is 0 Å². The Morgan fingerprint density at radius 1 is 1.58 bits per heavy atom. The molecule has 1 saturated heterocycles. The molecular weight excluding hydrogens is 251 g/mol. The minimum atomic E-state index is -0.797. The molecule has 1 aromatic carbocycles. The maximum atomic E-state index is 13.5. The smallest absolute Gasteiger partial charge is 0.327 e. The Bertz CT molecular complexity index is 461. The molecule has 6 heteroatoms. The minimum Gasteiger partial charge on any atom is -0.381 e.